The van der Waals surface area contributed by atoms with Crippen molar-refractivity contribution in [3.05, 3.63) is 33.9 Å². The molecule has 1 unspecified atom stereocenters. The molecule has 10 nitrogen and oxygen atoms in total. The molecule has 1 atom stereocenters. The molecule has 1 fully saturated rings. The van der Waals surface area contributed by atoms with E-state index in [2.05, 4.69) is 14.5 Å². The molecular weight excluding hydrogens is 445 g/mol. The van der Waals surface area contributed by atoms with Crippen LogP contribution in [0.2, 0.25) is 0 Å². The number of phosphoric acid groups is 1. The predicted octanol–water partition coefficient (Wildman–Crippen LogP) is -5.29. The fraction of sp³-hybridized carbons (Fsp3) is 0.500. The first-order chi connectivity index (χ1) is 13.6. The molecule has 0 spiro atoms. The standard InChI is InChI=1S/C18H23N4O6P.2Na/c1-11(28-29(24,25)26)14-8-12-15(10-20-14)21-17(23)13(9-19)16(12)22-6-4-18(2,27-3)5-7-22;;/h8,10-11H,4-7H2,1-3H3,(H,21,23)(H2,24,25,26);;/q;2*+1/p-2. The van der Waals surface area contributed by atoms with E-state index in [1.807, 2.05) is 17.9 Å². The summed E-state index contributed by atoms with van der Waals surface area (Å²) in [4.78, 5) is 43.0. The predicted molar refractivity (Wildman–Crippen MR) is 101 cm³/mol. The summed E-state index contributed by atoms with van der Waals surface area (Å²) < 4.78 is 21.0. The number of rotatable bonds is 5. The number of ether oxygens (including phenoxy) is 1. The van der Waals surface area contributed by atoms with Gasteiger partial charge in [0.15, 0.2) is 0 Å². The summed E-state index contributed by atoms with van der Waals surface area (Å²) in [6.07, 6.45) is 1.66. The van der Waals surface area contributed by atoms with Crippen LogP contribution < -0.4 is 79.4 Å². The number of fused-ring (bicyclic) bond motifs is 1. The number of phosphoric ester groups is 1. The normalized spacial score (nSPS) is 16.7. The van der Waals surface area contributed by atoms with Crippen LogP contribution in [0, 0.1) is 11.3 Å². The summed E-state index contributed by atoms with van der Waals surface area (Å²) >= 11 is 0. The van der Waals surface area contributed by atoms with Crippen LogP contribution in [0.3, 0.4) is 0 Å². The summed E-state index contributed by atoms with van der Waals surface area (Å²) in [5.74, 6) is 0. The van der Waals surface area contributed by atoms with Gasteiger partial charge in [0.2, 0.25) is 0 Å². The van der Waals surface area contributed by atoms with E-state index in [4.69, 9.17) is 4.74 Å². The van der Waals surface area contributed by atoms with Gasteiger partial charge in [0, 0.05) is 25.6 Å². The maximum absolute atomic E-state index is 12.4. The molecule has 2 aromatic rings. The van der Waals surface area contributed by atoms with Gasteiger partial charge >= 0.3 is 59.1 Å². The first kappa shape index (κ1) is 28.8. The molecule has 1 N–H and O–H groups in total. The van der Waals surface area contributed by atoms with E-state index in [1.165, 1.54) is 19.2 Å². The van der Waals surface area contributed by atoms with Gasteiger partial charge in [-0.3, -0.25) is 9.78 Å². The van der Waals surface area contributed by atoms with Gasteiger partial charge in [-0.2, -0.15) is 5.26 Å². The third-order valence-corrected chi connectivity index (χ3v) is 5.91. The molecule has 156 valence electrons. The second-order valence-corrected chi connectivity index (χ2v) is 8.39. The van der Waals surface area contributed by atoms with Crippen molar-refractivity contribution in [2.45, 2.75) is 38.4 Å². The molecular formula is C18H21N4Na2O6P. The number of aromatic amines is 1. The Morgan fingerprint density at radius 1 is 1.35 bits per heavy atom. The minimum atomic E-state index is -5.20. The van der Waals surface area contributed by atoms with Gasteiger partial charge in [0.1, 0.15) is 17.7 Å². The van der Waals surface area contributed by atoms with E-state index in [0.717, 1.165) is 0 Å². The molecule has 2 aromatic heterocycles. The zero-order valence-corrected chi connectivity index (χ0v) is 23.2. The first-order valence-corrected chi connectivity index (χ1v) is 10.5. The van der Waals surface area contributed by atoms with E-state index in [-0.39, 0.29) is 76.0 Å². The Morgan fingerprint density at radius 2 is 1.97 bits per heavy atom. The number of nitrogens with zero attached hydrogens (tertiary/aromatic N) is 3. The quantitative estimate of drug-likeness (QED) is 0.336. The second-order valence-electron chi connectivity index (χ2n) is 7.28. The average Bonchev–Trinajstić information content (AvgIpc) is 2.66. The molecule has 13 heteroatoms. The monoisotopic (exact) mass is 466 g/mol. The summed E-state index contributed by atoms with van der Waals surface area (Å²) in [5, 5.41) is 10.1. The number of methoxy groups -OCH3 is 1. The van der Waals surface area contributed by atoms with Gasteiger partial charge in [0.05, 0.1) is 36.5 Å². The number of nitriles is 1. The molecule has 3 rings (SSSR count). The van der Waals surface area contributed by atoms with Crippen molar-refractivity contribution in [2.24, 2.45) is 0 Å². The Bertz CT molecular complexity index is 1080. The zero-order valence-electron chi connectivity index (χ0n) is 18.3. The second kappa shape index (κ2) is 11.2. The topological polar surface area (TPSA) is 154 Å². The molecule has 1 aliphatic rings. The van der Waals surface area contributed by atoms with E-state index in [9.17, 15) is 24.4 Å². The van der Waals surface area contributed by atoms with Crippen LogP contribution >= 0.6 is 7.82 Å². The first-order valence-electron chi connectivity index (χ1n) is 9.03. The van der Waals surface area contributed by atoms with Gasteiger partial charge in [-0.25, -0.2) is 0 Å². The van der Waals surface area contributed by atoms with Gasteiger partial charge in [-0.15, -0.1) is 0 Å². The smallest absolute Gasteiger partial charge is 0.790 e. The number of hydrogen-bond acceptors (Lipinski definition) is 9. The van der Waals surface area contributed by atoms with Crippen molar-refractivity contribution < 1.29 is 82.7 Å². The minimum Gasteiger partial charge on any atom is -0.790 e. The van der Waals surface area contributed by atoms with Crippen LogP contribution in [-0.2, 0) is 13.8 Å². The molecule has 1 aliphatic heterocycles. The van der Waals surface area contributed by atoms with E-state index in [1.54, 1.807) is 7.11 Å². The molecule has 0 saturated carbocycles. The van der Waals surface area contributed by atoms with Gasteiger partial charge < -0.3 is 33.5 Å². The molecule has 0 aromatic carbocycles. The van der Waals surface area contributed by atoms with Crippen LogP contribution in [0.1, 0.15) is 44.1 Å². The van der Waals surface area contributed by atoms with Gasteiger partial charge in [-0.05, 0) is 32.8 Å². The van der Waals surface area contributed by atoms with E-state index in [0.29, 0.717) is 42.5 Å². The van der Waals surface area contributed by atoms with Gasteiger partial charge in [-0.1, -0.05) is 0 Å². The van der Waals surface area contributed by atoms with Crippen molar-refractivity contribution in [1.29, 1.82) is 5.26 Å². The minimum absolute atomic E-state index is 0. The van der Waals surface area contributed by atoms with Crippen LogP contribution in [0.4, 0.5) is 5.69 Å². The van der Waals surface area contributed by atoms with Gasteiger partial charge in [0.25, 0.3) is 5.56 Å². The fourth-order valence-electron chi connectivity index (χ4n) is 3.50. The Kier molecular flexibility index (Phi) is 10.4. The van der Waals surface area contributed by atoms with E-state index >= 15 is 0 Å². The van der Waals surface area contributed by atoms with E-state index < -0.39 is 19.5 Å². The van der Waals surface area contributed by atoms with Crippen LogP contribution in [0.15, 0.2) is 17.1 Å². The molecule has 0 bridgehead atoms. The third kappa shape index (κ3) is 6.62. The fourth-order valence-corrected chi connectivity index (χ4v) is 4.00. The Hall–Kier alpha value is -0.280. The number of anilines is 1. The van der Waals surface area contributed by atoms with Crippen molar-refractivity contribution in [1.82, 2.24) is 9.97 Å². The van der Waals surface area contributed by atoms with Crippen LogP contribution in [-0.4, -0.2) is 35.8 Å². The summed E-state index contributed by atoms with van der Waals surface area (Å²) in [6.45, 7) is 4.53. The molecule has 0 amide bonds. The average molecular weight is 466 g/mol. The van der Waals surface area contributed by atoms with Crippen molar-refractivity contribution >= 4 is 24.4 Å². The Labute approximate surface area is 224 Å². The van der Waals surface area contributed by atoms with Crippen molar-refractivity contribution in [3.8, 4) is 6.07 Å². The molecule has 1 saturated heterocycles. The molecule has 0 aliphatic carbocycles. The number of pyridine rings is 2. The number of H-pyrrole nitrogens is 1. The van der Waals surface area contributed by atoms with Crippen LogP contribution in [0.25, 0.3) is 10.9 Å². The maximum atomic E-state index is 12.4. The Morgan fingerprint density at radius 3 is 2.48 bits per heavy atom. The van der Waals surface area contributed by atoms with Crippen molar-refractivity contribution in [2.75, 3.05) is 25.1 Å². The van der Waals surface area contributed by atoms with Crippen LogP contribution in [0.5, 0.6) is 0 Å². The number of piperidine rings is 1. The maximum Gasteiger partial charge on any atom is 1.00 e. The summed E-state index contributed by atoms with van der Waals surface area (Å²) in [5.41, 5.74) is 0.194. The summed E-state index contributed by atoms with van der Waals surface area (Å²) in [7, 11) is -3.55. The number of nitrogens with one attached hydrogen (secondary N) is 1. The summed E-state index contributed by atoms with van der Waals surface area (Å²) in [6, 6.07) is 3.50. The molecule has 3 heterocycles. The SMILES string of the molecule is COC1(C)CCN(c2c(C#N)c(=O)[nH]c3cnc(C(C)OP(=O)([O-])[O-])cc23)CC1.[Na+].[Na+]. The molecule has 0 radical (unpaired) electrons. The van der Waals surface area contributed by atoms with Crippen molar-refractivity contribution in [3.63, 3.8) is 0 Å². The number of hydrogen-bond donors (Lipinski definition) is 1. The Balaban J connectivity index is 0.00000240. The zero-order chi connectivity index (χ0) is 21.4. The number of aromatic nitrogens is 2. The largest absolute Gasteiger partial charge is 1.00 e. The molecule has 31 heavy (non-hydrogen) atoms. The third-order valence-electron chi connectivity index (χ3n) is 5.34.